The van der Waals surface area contributed by atoms with E-state index in [1.54, 1.807) is 18.2 Å². The Morgan fingerprint density at radius 3 is 2.38 bits per heavy atom. The Hall–Kier alpha value is -2.01. The van der Waals surface area contributed by atoms with E-state index in [2.05, 4.69) is 35.9 Å². The second-order valence-corrected chi connectivity index (χ2v) is 8.01. The number of hydrogen-bond acceptors (Lipinski definition) is 3. The minimum Gasteiger partial charge on any atom is -0.457 e. The topological polar surface area (TPSA) is 45.3 Å². The summed E-state index contributed by atoms with van der Waals surface area (Å²) in [7, 11) is 0. The van der Waals surface area contributed by atoms with Gasteiger partial charge < -0.3 is 14.6 Å². The molecular formula is C23H26Cl2N2O2. The van der Waals surface area contributed by atoms with E-state index in [1.807, 2.05) is 13.0 Å². The third kappa shape index (κ3) is 5.33. The van der Waals surface area contributed by atoms with Gasteiger partial charge in [-0.2, -0.15) is 0 Å². The van der Waals surface area contributed by atoms with Gasteiger partial charge in [-0.3, -0.25) is 0 Å². The van der Waals surface area contributed by atoms with E-state index in [9.17, 15) is 4.79 Å². The molecule has 0 unspecified atom stereocenters. The van der Waals surface area contributed by atoms with E-state index in [0.29, 0.717) is 15.6 Å². The lowest BCUT2D eigenvalue weighted by molar-refractivity contribution is 0.0474. The molecule has 0 aliphatic rings. The molecule has 154 valence electrons. The molecule has 1 aromatic heterocycles. The summed E-state index contributed by atoms with van der Waals surface area (Å²) >= 11 is 12.1. The third-order valence-corrected chi connectivity index (χ3v) is 5.59. The van der Waals surface area contributed by atoms with E-state index in [0.717, 1.165) is 48.2 Å². The highest BCUT2D eigenvalue weighted by Crippen LogP contribution is 2.26. The first-order valence-corrected chi connectivity index (χ1v) is 10.6. The van der Waals surface area contributed by atoms with Crippen molar-refractivity contribution >= 4 is 40.1 Å². The summed E-state index contributed by atoms with van der Waals surface area (Å²) in [4.78, 5) is 18.5. The molecular weight excluding hydrogens is 407 g/mol. The molecule has 0 fully saturated rings. The molecule has 6 heteroatoms. The van der Waals surface area contributed by atoms with Gasteiger partial charge in [0, 0.05) is 33.2 Å². The highest BCUT2D eigenvalue weighted by molar-refractivity contribution is 6.34. The molecule has 29 heavy (non-hydrogen) atoms. The number of aromatic amines is 1. The van der Waals surface area contributed by atoms with E-state index in [1.165, 1.54) is 5.56 Å². The summed E-state index contributed by atoms with van der Waals surface area (Å²) in [6.45, 7) is 9.42. The molecule has 0 saturated carbocycles. The predicted molar refractivity (Wildman–Crippen MR) is 120 cm³/mol. The number of esters is 1. The maximum atomic E-state index is 12.8. The van der Waals surface area contributed by atoms with E-state index in [-0.39, 0.29) is 12.6 Å². The summed E-state index contributed by atoms with van der Waals surface area (Å²) in [5.41, 5.74) is 4.28. The summed E-state index contributed by atoms with van der Waals surface area (Å²) in [5.74, 6) is -0.356. The summed E-state index contributed by atoms with van der Waals surface area (Å²) < 4.78 is 5.56. The van der Waals surface area contributed by atoms with Gasteiger partial charge in [-0.15, -0.1) is 0 Å². The molecule has 0 aliphatic heterocycles. The number of nitrogens with one attached hydrogen (secondary N) is 1. The number of carbonyl (C=O) groups is 1. The number of H-pyrrole nitrogens is 1. The average Bonchev–Trinajstić information content (AvgIpc) is 3.01. The van der Waals surface area contributed by atoms with Gasteiger partial charge in [-0.25, -0.2) is 4.79 Å². The first-order valence-electron chi connectivity index (χ1n) is 9.86. The van der Waals surface area contributed by atoms with Crippen molar-refractivity contribution in [2.75, 3.05) is 19.6 Å². The van der Waals surface area contributed by atoms with Crippen LogP contribution in [0.3, 0.4) is 0 Å². The lowest BCUT2D eigenvalue weighted by Crippen LogP contribution is -2.25. The van der Waals surface area contributed by atoms with Gasteiger partial charge in [0.05, 0.1) is 5.56 Å². The highest BCUT2D eigenvalue weighted by atomic mass is 35.5. The number of hydrogen-bond donors (Lipinski definition) is 1. The highest BCUT2D eigenvalue weighted by Gasteiger charge is 2.18. The van der Waals surface area contributed by atoms with E-state index in [4.69, 9.17) is 27.9 Å². The van der Waals surface area contributed by atoms with Crippen molar-refractivity contribution in [2.24, 2.45) is 0 Å². The van der Waals surface area contributed by atoms with Crippen LogP contribution in [0.5, 0.6) is 0 Å². The zero-order valence-corrected chi connectivity index (χ0v) is 18.5. The van der Waals surface area contributed by atoms with E-state index < -0.39 is 0 Å². The molecule has 0 saturated heterocycles. The monoisotopic (exact) mass is 432 g/mol. The number of ether oxygens (including phenoxy) is 1. The molecule has 1 N–H and O–H groups in total. The lowest BCUT2D eigenvalue weighted by atomic mass is 10.1. The van der Waals surface area contributed by atoms with Crippen molar-refractivity contribution in [1.29, 1.82) is 0 Å². The molecule has 4 nitrogen and oxygen atoms in total. The van der Waals surface area contributed by atoms with Crippen LogP contribution in [-0.2, 0) is 17.8 Å². The number of rotatable bonds is 8. The number of aryl methyl sites for hydroxylation is 1. The Kier molecular flexibility index (Phi) is 7.23. The fourth-order valence-electron chi connectivity index (χ4n) is 3.53. The first kappa shape index (κ1) is 21.7. The summed E-state index contributed by atoms with van der Waals surface area (Å²) in [6, 6.07) is 11.4. The zero-order chi connectivity index (χ0) is 21.0. The van der Waals surface area contributed by atoms with Gasteiger partial charge in [0.15, 0.2) is 0 Å². The predicted octanol–water partition coefficient (Wildman–Crippen LogP) is 6.02. The number of carbonyl (C=O) groups excluding carboxylic acids is 1. The van der Waals surface area contributed by atoms with Crippen LogP contribution >= 0.6 is 23.2 Å². The maximum absolute atomic E-state index is 12.8. The molecule has 3 aromatic rings. The van der Waals surface area contributed by atoms with Crippen LogP contribution in [0.2, 0.25) is 10.0 Å². The maximum Gasteiger partial charge on any atom is 0.340 e. The quantitative estimate of drug-likeness (QED) is 0.442. The second kappa shape index (κ2) is 9.66. The Morgan fingerprint density at radius 2 is 1.72 bits per heavy atom. The number of benzene rings is 2. The van der Waals surface area contributed by atoms with Gasteiger partial charge in [0.25, 0.3) is 0 Å². The van der Waals surface area contributed by atoms with Gasteiger partial charge in [0.2, 0.25) is 0 Å². The molecule has 0 aliphatic carbocycles. The van der Waals surface area contributed by atoms with Crippen LogP contribution < -0.4 is 0 Å². The standard InChI is InChI=1S/C23H26Cl2N2O2/c1-4-27(5-2)9-8-16-6-7-21-20(12-16)22(15(3)26-21)23(28)29-14-17-10-18(24)13-19(25)11-17/h6-7,10-13,26H,4-5,8-9,14H2,1-3H3. The Labute approximate surface area is 181 Å². The SMILES string of the molecule is CCN(CC)CCc1ccc2[nH]c(C)c(C(=O)OCc3cc(Cl)cc(Cl)c3)c2c1. The third-order valence-electron chi connectivity index (χ3n) is 5.16. The molecule has 0 bridgehead atoms. The largest absolute Gasteiger partial charge is 0.457 e. The van der Waals surface area contributed by atoms with E-state index >= 15 is 0 Å². The number of likely N-dealkylation sites (N-methyl/N-ethyl adjacent to an activating group) is 1. The smallest absolute Gasteiger partial charge is 0.340 e. The summed E-state index contributed by atoms with van der Waals surface area (Å²) in [6.07, 6.45) is 0.942. The molecule has 0 amide bonds. The van der Waals surface area contributed by atoms with Crippen molar-refractivity contribution in [2.45, 2.75) is 33.8 Å². The van der Waals surface area contributed by atoms with Crippen LogP contribution in [0.25, 0.3) is 10.9 Å². The molecule has 1 heterocycles. The fraction of sp³-hybridized carbons (Fsp3) is 0.348. The normalized spacial score (nSPS) is 11.4. The minimum atomic E-state index is -0.356. The van der Waals surface area contributed by atoms with Gasteiger partial charge in [0.1, 0.15) is 6.61 Å². The van der Waals surface area contributed by atoms with Gasteiger partial charge in [-0.1, -0.05) is 43.1 Å². The Balaban J connectivity index is 1.79. The fourth-order valence-corrected chi connectivity index (χ4v) is 4.11. The first-order chi connectivity index (χ1) is 13.9. The van der Waals surface area contributed by atoms with Gasteiger partial charge in [-0.05, 0) is 67.9 Å². The molecule has 3 rings (SSSR count). The average molecular weight is 433 g/mol. The molecule has 0 spiro atoms. The van der Waals surface area contributed by atoms with Crippen molar-refractivity contribution in [3.8, 4) is 0 Å². The molecule has 2 aromatic carbocycles. The summed E-state index contributed by atoms with van der Waals surface area (Å²) in [5, 5.41) is 1.93. The number of halogens is 2. The molecule has 0 atom stereocenters. The van der Waals surface area contributed by atoms with Crippen LogP contribution in [0.15, 0.2) is 36.4 Å². The van der Waals surface area contributed by atoms with Crippen molar-refractivity contribution in [1.82, 2.24) is 9.88 Å². The second-order valence-electron chi connectivity index (χ2n) is 7.14. The number of aromatic nitrogens is 1. The van der Waals surface area contributed by atoms with Crippen LogP contribution in [0, 0.1) is 6.92 Å². The van der Waals surface area contributed by atoms with Crippen LogP contribution in [-0.4, -0.2) is 35.5 Å². The van der Waals surface area contributed by atoms with Crippen LogP contribution in [0.4, 0.5) is 0 Å². The molecule has 0 radical (unpaired) electrons. The Morgan fingerprint density at radius 1 is 1.03 bits per heavy atom. The minimum absolute atomic E-state index is 0.118. The number of fused-ring (bicyclic) bond motifs is 1. The van der Waals surface area contributed by atoms with Crippen molar-refractivity contribution < 1.29 is 9.53 Å². The van der Waals surface area contributed by atoms with Crippen molar-refractivity contribution in [3.05, 3.63) is 68.8 Å². The van der Waals surface area contributed by atoms with Crippen molar-refractivity contribution in [3.63, 3.8) is 0 Å². The zero-order valence-electron chi connectivity index (χ0n) is 17.0. The number of nitrogens with zero attached hydrogens (tertiary/aromatic N) is 1. The van der Waals surface area contributed by atoms with Crippen LogP contribution in [0.1, 0.15) is 41.0 Å². The Bertz CT molecular complexity index is 989. The van der Waals surface area contributed by atoms with Gasteiger partial charge >= 0.3 is 5.97 Å². The lowest BCUT2D eigenvalue weighted by Gasteiger charge is -2.17.